The van der Waals surface area contributed by atoms with Gasteiger partial charge in [-0.3, -0.25) is 14.4 Å². The highest BCUT2D eigenvalue weighted by Crippen LogP contribution is 2.39. The maximum atomic E-state index is 12.6. The molecule has 0 aliphatic heterocycles. The number of hydrogen-bond donors (Lipinski definition) is 0. The Kier molecular flexibility index (Phi) is 3.28. The smallest absolute Gasteiger partial charge is 0.230 e. The summed E-state index contributed by atoms with van der Waals surface area (Å²) in [5.41, 5.74) is 0.710. The van der Waals surface area contributed by atoms with Gasteiger partial charge in [-0.15, -0.1) is 0 Å². The average molecular weight is 270 g/mol. The molecule has 3 atom stereocenters. The molecule has 104 valence electrons. The molecule has 1 saturated carbocycles. The molecule has 1 aromatic rings. The van der Waals surface area contributed by atoms with Crippen molar-refractivity contribution in [1.29, 1.82) is 0 Å². The van der Waals surface area contributed by atoms with Gasteiger partial charge in [0.15, 0.2) is 5.78 Å². The summed E-state index contributed by atoms with van der Waals surface area (Å²) < 4.78 is 0. The Morgan fingerprint density at radius 2 is 1.55 bits per heavy atom. The molecule has 0 spiro atoms. The van der Waals surface area contributed by atoms with Gasteiger partial charge >= 0.3 is 0 Å². The number of Topliss-reactive ketones (excluding diaryl/α,β-unsaturated/α-hetero) is 3. The first kappa shape index (κ1) is 13.2. The molecular weight excluding hydrogens is 252 g/mol. The molecule has 0 heterocycles. The Labute approximate surface area is 118 Å². The minimum atomic E-state index is -0.743. The average Bonchev–Trinajstić information content (AvgIpc) is 2.47. The molecule has 3 unspecified atom stereocenters. The molecule has 2 aliphatic carbocycles. The van der Waals surface area contributed by atoms with Crippen molar-refractivity contribution >= 4 is 17.3 Å². The van der Waals surface area contributed by atoms with E-state index in [0.29, 0.717) is 11.5 Å². The second-order valence-electron chi connectivity index (χ2n) is 6.01. The lowest BCUT2D eigenvalue weighted by molar-refractivity contribution is -0.119. The normalized spacial score (nSPS) is 30.2. The molecule has 1 aromatic carbocycles. The van der Waals surface area contributed by atoms with Gasteiger partial charge in [0.1, 0.15) is 0 Å². The highest BCUT2D eigenvalue weighted by atomic mass is 16.2. The molecule has 0 radical (unpaired) electrons. The van der Waals surface area contributed by atoms with E-state index in [1.54, 1.807) is 24.3 Å². The third-order valence-corrected chi connectivity index (χ3v) is 4.83. The van der Waals surface area contributed by atoms with E-state index < -0.39 is 17.5 Å². The third-order valence-electron chi connectivity index (χ3n) is 4.83. The predicted octanol–water partition coefficient (Wildman–Crippen LogP) is 3.08. The maximum absolute atomic E-state index is 12.6. The number of carbonyl (C=O) groups is 3. The van der Waals surface area contributed by atoms with E-state index in [1.165, 1.54) is 0 Å². The molecule has 3 rings (SSSR count). The van der Waals surface area contributed by atoms with Gasteiger partial charge < -0.3 is 0 Å². The zero-order chi connectivity index (χ0) is 14.3. The number of hydrogen-bond acceptors (Lipinski definition) is 3. The van der Waals surface area contributed by atoms with Crippen LogP contribution in [0, 0.1) is 17.8 Å². The van der Waals surface area contributed by atoms with Crippen LogP contribution in [0.4, 0.5) is 0 Å². The Bertz CT molecular complexity index is 588. The topological polar surface area (TPSA) is 51.2 Å². The zero-order valence-electron chi connectivity index (χ0n) is 11.6. The summed E-state index contributed by atoms with van der Waals surface area (Å²) in [6.07, 6.45) is 4.11. The highest BCUT2D eigenvalue weighted by molar-refractivity contribution is 6.51. The van der Waals surface area contributed by atoms with Crippen LogP contribution in [0.15, 0.2) is 24.3 Å². The summed E-state index contributed by atoms with van der Waals surface area (Å²) in [5, 5.41) is 0. The van der Waals surface area contributed by atoms with E-state index in [-0.39, 0.29) is 17.3 Å². The van der Waals surface area contributed by atoms with E-state index in [0.717, 1.165) is 25.7 Å². The minimum Gasteiger partial charge on any atom is -0.293 e. The number of carbonyl (C=O) groups excluding carboxylic acids is 3. The Morgan fingerprint density at radius 3 is 2.25 bits per heavy atom. The van der Waals surface area contributed by atoms with Gasteiger partial charge in [-0.25, -0.2) is 0 Å². The van der Waals surface area contributed by atoms with Crippen LogP contribution in [-0.2, 0) is 4.79 Å². The standard InChI is InChI=1S/C17H18O3/c1-10-6-2-3-7-11(10)14-15(18)12-8-4-5-9-13(12)16(19)17(14)20/h4-5,8-11,14H,2-3,6-7H2,1H3. The van der Waals surface area contributed by atoms with E-state index in [9.17, 15) is 14.4 Å². The molecule has 1 fully saturated rings. The first-order valence-corrected chi connectivity index (χ1v) is 7.33. The lowest BCUT2D eigenvalue weighted by Gasteiger charge is -2.35. The van der Waals surface area contributed by atoms with Crippen LogP contribution < -0.4 is 0 Å². The van der Waals surface area contributed by atoms with Gasteiger partial charge in [0.2, 0.25) is 11.6 Å². The number of rotatable bonds is 1. The highest BCUT2D eigenvalue weighted by Gasteiger charge is 2.46. The Morgan fingerprint density at radius 1 is 0.900 bits per heavy atom. The van der Waals surface area contributed by atoms with Crippen molar-refractivity contribution in [3.8, 4) is 0 Å². The predicted molar refractivity (Wildman–Crippen MR) is 74.7 cm³/mol. The molecule has 2 aliphatic rings. The van der Waals surface area contributed by atoms with E-state index in [2.05, 4.69) is 6.92 Å². The van der Waals surface area contributed by atoms with Gasteiger partial charge in [0.25, 0.3) is 0 Å². The van der Waals surface area contributed by atoms with Crippen LogP contribution >= 0.6 is 0 Å². The number of ketones is 3. The fraction of sp³-hybridized carbons (Fsp3) is 0.471. The van der Waals surface area contributed by atoms with E-state index in [4.69, 9.17) is 0 Å². The van der Waals surface area contributed by atoms with Crippen LogP contribution in [0.2, 0.25) is 0 Å². The summed E-state index contributed by atoms with van der Waals surface area (Å²) in [6, 6.07) is 6.69. The molecule has 0 aromatic heterocycles. The fourth-order valence-corrected chi connectivity index (χ4v) is 3.69. The molecule has 3 nitrogen and oxygen atoms in total. The van der Waals surface area contributed by atoms with Crippen molar-refractivity contribution in [2.45, 2.75) is 32.6 Å². The van der Waals surface area contributed by atoms with Crippen LogP contribution in [0.3, 0.4) is 0 Å². The fourth-order valence-electron chi connectivity index (χ4n) is 3.69. The molecule has 0 bridgehead atoms. The summed E-state index contributed by atoms with van der Waals surface area (Å²) in [7, 11) is 0. The molecule has 0 amide bonds. The van der Waals surface area contributed by atoms with Crippen molar-refractivity contribution in [3.63, 3.8) is 0 Å². The van der Waals surface area contributed by atoms with Crippen molar-refractivity contribution in [3.05, 3.63) is 35.4 Å². The van der Waals surface area contributed by atoms with Gasteiger partial charge in [0, 0.05) is 11.1 Å². The van der Waals surface area contributed by atoms with Crippen molar-refractivity contribution in [2.75, 3.05) is 0 Å². The maximum Gasteiger partial charge on any atom is 0.230 e. The van der Waals surface area contributed by atoms with Crippen LogP contribution in [0.1, 0.15) is 53.3 Å². The summed E-state index contributed by atoms with van der Waals surface area (Å²) >= 11 is 0. The van der Waals surface area contributed by atoms with Crippen molar-refractivity contribution in [2.24, 2.45) is 17.8 Å². The van der Waals surface area contributed by atoms with Gasteiger partial charge in [0.05, 0.1) is 5.92 Å². The van der Waals surface area contributed by atoms with E-state index in [1.807, 2.05) is 0 Å². The zero-order valence-corrected chi connectivity index (χ0v) is 11.6. The quantitative estimate of drug-likeness (QED) is 0.582. The van der Waals surface area contributed by atoms with Crippen molar-refractivity contribution < 1.29 is 14.4 Å². The molecule has 3 heteroatoms. The first-order valence-electron chi connectivity index (χ1n) is 7.33. The Hall–Kier alpha value is -1.77. The van der Waals surface area contributed by atoms with Crippen LogP contribution in [0.25, 0.3) is 0 Å². The SMILES string of the molecule is CC1CCCCC1C1C(=O)C(=O)c2ccccc2C1=O. The van der Waals surface area contributed by atoms with Gasteiger partial charge in [-0.2, -0.15) is 0 Å². The van der Waals surface area contributed by atoms with Crippen LogP contribution in [0.5, 0.6) is 0 Å². The lowest BCUT2D eigenvalue weighted by atomic mass is 9.66. The largest absolute Gasteiger partial charge is 0.293 e. The van der Waals surface area contributed by atoms with E-state index >= 15 is 0 Å². The molecule has 0 saturated heterocycles. The van der Waals surface area contributed by atoms with Gasteiger partial charge in [-0.1, -0.05) is 50.5 Å². The second-order valence-corrected chi connectivity index (χ2v) is 6.01. The second kappa shape index (κ2) is 4.97. The molecule has 0 N–H and O–H groups in total. The monoisotopic (exact) mass is 270 g/mol. The summed E-state index contributed by atoms with van der Waals surface area (Å²) in [4.78, 5) is 37.2. The minimum absolute atomic E-state index is 0.0288. The summed E-state index contributed by atoms with van der Waals surface area (Å²) in [6.45, 7) is 2.09. The molecular formula is C17H18O3. The Balaban J connectivity index is 2.03. The first-order chi connectivity index (χ1) is 9.61. The van der Waals surface area contributed by atoms with Crippen LogP contribution in [-0.4, -0.2) is 17.3 Å². The number of fused-ring (bicyclic) bond motifs is 1. The molecule has 20 heavy (non-hydrogen) atoms. The van der Waals surface area contributed by atoms with Crippen molar-refractivity contribution in [1.82, 2.24) is 0 Å². The summed E-state index contributed by atoms with van der Waals surface area (Å²) in [5.74, 6) is -1.51. The third kappa shape index (κ3) is 1.92. The number of benzene rings is 1. The lowest BCUT2D eigenvalue weighted by Crippen LogP contribution is -2.43. The van der Waals surface area contributed by atoms with Gasteiger partial charge in [-0.05, 0) is 18.3 Å².